The topological polar surface area (TPSA) is 51.0 Å². The molecule has 12 heavy (non-hydrogen) atoms. The Morgan fingerprint density at radius 1 is 1.42 bits per heavy atom. The van der Waals surface area contributed by atoms with Gasteiger partial charge in [0.05, 0.1) is 7.11 Å². The van der Waals surface area contributed by atoms with E-state index in [-0.39, 0.29) is 11.6 Å². The Labute approximate surface area is 72.0 Å². The van der Waals surface area contributed by atoms with Gasteiger partial charge in [-0.05, 0) is 26.2 Å². The van der Waals surface area contributed by atoms with Crippen molar-refractivity contribution in [3.8, 4) is 0 Å². The highest BCUT2D eigenvalue weighted by atomic mass is 16.5. The summed E-state index contributed by atoms with van der Waals surface area (Å²) in [5.41, 5.74) is -0.115. The highest BCUT2D eigenvalue weighted by Gasteiger charge is 2.32. The van der Waals surface area contributed by atoms with E-state index >= 15 is 0 Å². The summed E-state index contributed by atoms with van der Waals surface area (Å²) in [6.45, 7) is 1.99. The van der Waals surface area contributed by atoms with E-state index in [1.165, 1.54) is 7.11 Å². The number of hydrogen-bond donors (Lipinski definition) is 0. The molecule has 0 bridgehead atoms. The molecule has 0 aromatic carbocycles. The number of ether oxygens (including phenoxy) is 1. The number of esters is 1. The molecule has 0 aromatic heterocycles. The first kappa shape index (κ1) is 9.16. The fraction of sp³-hybridized carbons (Fsp3) is 0.875. The van der Waals surface area contributed by atoms with Crippen LogP contribution in [0.1, 0.15) is 32.6 Å². The van der Waals surface area contributed by atoms with Crippen LogP contribution in [0.4, 0.5) is 0 Å². The van der Waals surface area contributed by atoms with E-state index in [1.54, 1.807) is 0 Å². The molecule has 0 spiro atoms. The molecule has 4 nitrogen and oxygen atoms in total. The summed E-state index contributed by atoms with van der Waals surface area (Å²) >= 11 is 0. The molecule has 0 fully saturated rings. The van der Waals surface area contributed by atoms with Crippen LogP contribution in [0.3, 0.4) is 0 Å². The predicted octanol–water partition coefficient (Wildman–Crippen LogP) is 1.90. The van der Waals surface area contributed by atoms with E-state index < -0.39 is 0 Å². The maximum atomic E-state index is 10.7. The molecule has 0 saturated heterocycles. The molecule has 0 radical (unpaired) electrons. The molecular weight excluding hydrogens is 156 g/mol. The van der Waals surface area contributed by atoms with Crippen LogP contribution in [0, 0.1) is 0 Å². The second kappa shape index (κ2) is 3.65. The third kappa shape index (κ3) is 2.98. The monoisotopic (exact) mass is 170 g/mol. The van der Waals surface area contributed by atoms with Crippen molar-refractivity contribution in [1.29, 1.82) is 0 Å². The average molecular weight is 170 g/mol. The van der Waals surface area contributed by atoms with Crippen LogP contribution in [-0.4, -0.2) is 18.7 Å². The van der Waals surface area contributed by atoms with E-state index in [0.717, 1.165) is 19.3 Å². The summed E-state index contributed by atoms with van der Waals surface area (Å²) in [7, 11) is 1.41. The van der Waals surface area contributed by atoms with Gasteiger partial charge in [0.1, 0.15) is 0 Å². The number of carbonyl (C=O) groups excluding carboxylic acids is 1. The molecule has 4 heteroatoms. The van der Waals surface area contributed by atoms with Crippen LogP contribution in [0.25, 0.3) is 0 Å². The molecule has 1 aliphatic rings. The van der Waals surface area contributed by atoms with Gasteiger partial charge in [-0.1, -0.05) is 0 Å². The highest BCUT2D eigenvalue weighted by Crippen LogP contribution is 2.32. The molecule has 0 saturated carbocycles. The Hall–Kier alpha value is -0.930. The zero-order chi connectivity index (χ0) is 9.03. The van der Waals surface area contributed by atoms with E-state index in [1.807, 2.05) is 6.92 Å². The first-order valence-corrected chi connectivity index (χ1v) is 4.17. The van der Waals surface area contributed by atoms with Gasteiger partial charge in [0.15, 0.2) is 5.66 Å². The van der Waals surface area contributed by atoms with Crippen molar-refractivity contribution in [3.05, 3.63) is 0 Å². The number of hydrogen-bond acceptors (Lipinski definition) is 4. The van der Waals surface area contributed by atoms with E-state index in [0.29, 0.717) is 6.42 Å². The van der Waals surface area contributed by atoms with Crippen molar-refractivity contribution in [2.75, 3.05) is 7.11 Å². The third-order valence-corrected chi connectivity index (χ3v) is 1.95. The van der Waals surface area contributed by atoms with Crippen molar-refractivity contribution in [2.45, 2.75) is 38.3 Å². The lowest BCUT2D eigenvalue weighted by atomic mass is 10.1. The van der Waals surface area contributed by atoms with Gasteiger partial charge in [-0.25, -0.2) is 0 Å². The van der Waals surface area contributed by atoms with Crippen LogP contribution in [-0.2, 0) is 9.53 Å². The van der Waals surface area contributed by atoms with Gasteiger partial charge >= 0.3 is 5.97 Å². The Morgan fingerprint density at radius 2 is 2.08 bits per heavy atom. The Balaban J connectivity index is 1.93. The molecule has 68 valence electrons. The van der Waals surface area contributed by atoms with Crippen LogP contribution in [0.5, 0.6) is 0 Å². The Bertz CT molecular complexity index is 195. The molecular formula is C8H14N2O2. The maximum absolute atomic E-state index is 10.7. The van der Waals surface area contributed by atoms with Crippen molar-refractivity contribution >= 4 is 5.97 Å². The van der Waals surface area contributed by atoms with Crippen LogP contribution < -0.4 is 0 Å². The number of methoxy groups -OCH3 is 1. The SMILES string of the molecule is COC(=O)CCCCC1(C)N=N1. The quantitative estimate of drug-likeness (QED) is 0.467. The summed E-state index contributed by atoms with van der Waals surface area (Å²) in [6, 6.07) is 0. The molecule has 1 rings (SSSR count). The van der Waals surface area contributed by atoms with Crippen molar-refractivity contribution in [3.63, 3.8) is 0 Å². The highest BCUT2D eigenvalue weighted by molar-refractivity contribution is 5.68. The van der Waals surface area contributed by atoms with Gasteiger partial charge in [0, 0.05) is 6.42 Å². The van der Waals surface area contributed by atoms with Gasteiger partial charge in [0.25, 0.3) is 0 Å². The molecule has 0 unspecified atom stereocenters. The lowest BCUT2D eigenvalue weighted by molar-refractivity contribution is -0.140. The molecule has 0 atom stereocenters. The van der Waals surface area contributed by atoms with Gasteiger partial charge in [-0.15, -0.1) is 0 Å². The normalized spacial score (nSPS) is 17.5. The second-order valence-corrected chi connectivity index (χ2v) is 3.20. The van der Waals surface area contributed by atoms with Gasteiger partial charge < -0.3 is 4.74 Å². The number of carbonyl (C=O) groups is 1. The van der Waals surface area contributed by atoms with E-state index in [4.69, 9.17) is 0 Å². The summed E-state index contributed by atoms with van der Waals surface area (Å²) in [5, 5.41) is 7.76. The van der Waals surface area contributed by atoms with Gasteiger partial charge in [-0.2, -0.15) is 10.2 Å². The molecule has 1 heterocycles. The fourth-order valence-electron chi connectivity index (χ4n) is 1.02. The Morgan fingerprint density at radius 3 is 2.58 bits per heavy atom. The summed E-state index contributed by atoms with van der Waals surface area (Å²) in [5.74, 6) is -0.134. The average Bonchev–Trinajstić information content (AvgIpc) is 2.78. The fourth-order valence-corrected chi connectivity index (χ4v) is 1.02. The van der Waals surface area contributed by atoms with Crippen LogP contribution in [0.15, 0.2) is 10.2 Å². The molecule has 0 amide bonds. The zero-order valence-corrected chi connectivity index (χ0v) is 7.54. The van der Waals surface area contributed by atoms with Crippen molar-refractivity contribution in [1.82, 2.24) is 0 Å². The standard InChI is InChI=1S/C8H14N2O2/c1-8(9-10-8)6-4-3-5-7(11)12-2/h3-6H2,1-2H3. The minimum Gasteiger partial charge on any atom is -0.469 e. The van der Waals surface area contributed by atoms with Crippen molar-refractivity contribution < 1.29 is 9.53 Å². The number of rotatable bonds is 5. The maximum Gasteiger partial charge on any atom is 0.305 e. The summed E-state index contributed by atoms with van der Waals surface area (Å²) < 4.78 is 4.51. The van der Waals surface area contributed by atoms with E-state index in [2.05, 4.69) is 15.0 Å². The summed E-state index contributed by atoms with van der Waals surface area (Å²) in [4.78, 5) is 10.7. The summed E-state index contributed by atoms with van der Waals surface area (Å²) in [6.07, 6.45) is 3.31. The second-order valence-electron chi connectivity index (χ2n) is 3.20. The van der Waals surface area contributed by atoms with Gasteiger partial charge in [-0.3, -0.25) is 4.79 Å². The van der Waals surface area contributed by atoms with Crippen LogP contribution in [0.2, 0.25) is 0 Å². The number of unbranched alkanes of at least 4 members (excludes halogenated alkanes) is 1. The third-order valence-electron chi connectivity index (χ3n) is 1.95. The molecule has 0 N–H and O–H groups in total. The molecule has 1 aliphatic heterocycles. The largest absolute Gasteiger partial charge is 0.469 e. The van der Waals surface area contributed by atoms with Gasteiger partial charge in [0.2, 0.25) is 0 Å². The lowest BCUT2D eigenvalue weighted by Crippen LogP contribution is -2.04. The first-order chi connectivity index (χ1) is 5.66. The molecule has 0 aromatic rings. The Kier molecular flexibility index (Phi) is 2.78. The first-order valence-electron chi connectivity index (χ1n) is 4.17. The molecule has 0 aliphatic carbocycles. The minimum absolute atomic E-state index is 0.115. The van der Waals surface area contributed by atoms with Crippen molar-refractivity contribution in [2.24, 2.45) is 10.2 Å². The lowest BCUT2D eigenvalue weighted by Gasteiger charge is -2.02. The smallest absolute Gasteiger partial charge is 0.305 e. The van der Waals surface area contributed by atoms with Crippen LogP contribution >= 0.6 is 0 Å². The van der Waals surface area contributed by atoms with E-state index in [9.17, 15) is 4.79 Å². The number of nitrogens with zero attached hydrogens (tertiary/aromatic N) is 2. The predicted molar refractivity (Wildman–Crippen MR) is 43.7 cm³/mol. The zero-order valence-electron chi connectivity index (χ0n) is 7.54. The minimum atomic E-state index is -0.134.